The number of rotatable bonds is 14. The Morgan fingerprint density at radius 1 is 1.04 bits per heavy atom. The molecule has 0 unspecified atom stereocenters. The van der Waals surface area contributed by atoms with Crippen LogP contribution < -0.4 is 0 Å². The lowest BCUT2D eigenvalue weighted by atomic mass is 10.1. The van der Waals surface area contributed by atoms with E-state index >= 15 is 0 Å². The highest BCUT2D eigenvalue weighted by Crippen LogP contribution is 2.38. The molecule has 0 heterocycles. The highest BCUT2D eigenvalue weighted by atomic mass is 31.2. The predicted octanol–water partition coefficient (Wildman–Crippen LogP) is 2.94. The zero-order valence-corrected chi connectivity index (χ0v) is 14.7. The molecule has 0 saturated heterocycles. The van der Waals surface area contributed by atoms with Crippen molar-refractivity contribution in [3.05, 3.63) is 0 Å². The summed E-state index contributed by atoms with van der Waals surface area (Å²) >= 11 is 0. The van der Waals surface area contributed by atoms with Crippen molar-refractivity contribution >= 4 is 19.5 Å². The summed E-state index contributed by atoms with van der Waals surface area (Å²) in [4.78, 5) is 40.0. The van der Waals surface area contributed by atoms with Gasteiger partial charge in [-0.25, -0.2) is 0 Å². The monoisotopic (exact) mass is 352 g/mol. The highest BCUT2D eigenvalue weighted by Gasteiger charge is 2.26. The fraction of sp³-hybridized carbons (Fsp3) is 0.867. The molecule has 3 N–H and O–H groups in total. The van der Waals surface area contributed by atoms with Gasteiger partial charge in [-0.1, -0.05) is 39.0 Å². The number of hydrogen-bond donors (Lipinski definition) is 3. The number of aliphatic carboxylic acids is 1. The summed E-state index contributed by atoms with van der Waals surface area (Å²) in [5, 5.41) is 8.90. The van der Waals surface area contributed by atoms with Crippen LogP contribution in [0.25, 0.3) is 0 Å². The van der Waals surface area contributed by atoms with E-state index in [1.54, 1.807) is 0 Å². The third kappa shape index (κ3) is 14.4. The molecular weight excluding hydrogens is 323 g/mol. The van der Waals surface area contributed by atoms with Crippen LogP contribution in [0.15, 0.2) is 0 Å². The molecule has 136 valence electrons. The average Bonchev–Trinajstić information content (AvgIpc) is 2.44. The molecule has 0 saturated carbocycles. The third-order valence-electron chi connectivity index (χ3n) is 3.50. The molecule has 0 bridgehead atoms. The van der Waals surface area contributed by atoms with Crippen molar-refractivity contribution in [2.24, 2.45) is 5.92 Å². The minimum atomic E-state index is -4.36. The van der Waals surface area contributed by atoms with E-state index in [1.165, 1.54) is 19.3 Å². The average molecular weight is 352 g/mol. The number of unbranched alkanes of at least 4 members (excludes halogenated alkanes) is 5. The summed E-state index contributed by atoms with van der Waals surface area (Å²) in [7, 11) is -4.36. The number of carbonyl (C=O) groups is 2. The third-order valence-corrected chi connectivity index (χ3v) is 4.42. The van der Waals surface area contributed by atoms with E-state index in [0.717, 1.165) is 19.3 Å². The first-order chi connectivity index (χ1) is 10.8. The Kier molecular flexibility index (Phi) is 12.0. The molecule has 7 nitrogen and oxygen atoms in total. The van der Waals surface area contributed by atoms with Gasteiger partial charge in [0.15, 0.2) is 0 Å². The molecule has 0 amide bonds. The molecule has 0 aromatic carbocycles. The van der Waals surface area contributed by atoms with E-state index in [0.29, 0.717) is 6.42 Å². The molecule has 0 fully saturated rings. The molecule has 0 aromatic rings. The topological polar surface area (TPSA) is 121 Å². The van der Waals surface area contributed by atoms with Crippen LogP contribution in [0.5, 0.6) is 0 Å². The van der Waals surface area contributed by atoms with Crippen LogP contribution in [-0.2, 0) is 18.9 Å². The van der Waals surface area contributed by atoms with E-state index in [2.05, 4.69) is 6.92 Å². The van der Waals surface area contributed by atoms with Crippen LogP contribution in [0.1, 0.15) is 64.7 Å². The van der Waals surface area contributed by atoms with Crippen LogP contribution in [0.2, 0.25) is 0 Å². The smallest absolute Gasteiger partial charge is 0.326 e. The second-order valence-electron chi connectivity index (χ2n) is 5.76. The Balaban J connectivity index is 3.73. The zero-order chi connectivity index (χ0) is 17.7. The molecule has 0 aliphatic carbocycles. The Morgan fingerprint density at radius 3 is 2.22 bits per heavy atom. The fourth-order valence-electron chi connectivity index (χ4n) is 2.22. The van der Waals surface area contributed by atoms with Crippen LogP contribution in [0, 0.1) is 5.92 Å². The molecule has 0 aliphatic rings. The van der Waals surface area contributed by atoms with E-state index in [-0.39, 0.29) is 25.4 Å². The lowest BCUT2D eigenvalue weighted by Gasteiger charge is -2.13. The number of ether oxygens (including phenoxy) is 1. The molecule has 0 aliphatic heterocycles. The van der Waals surface area contributed by atoms with Crippen LogP contribution in [0.3, 0.4) is 0 Å². The van der Waals surface area contributed by atoms with Crippen LogP contribution in [-0.4, -0.2) is 39.6 Å². The van der Waals surface area contributed by atoms with Gasteiger partial charge in [-0.05, 0) is 19.3 Å². The lowest BCUT2D eigenvalue weighted by Crippen LogP contribution is -2.19. The maximum Gasteiger partial charge on any atom is 0.326 e. The number of hydrogen-bond acceptors (Lipinski definition) is 4. The normalized spacial score (nSPS) is 12.8. The van der Waals surface area contributed by atoms with E-state index in [9.17, 15) is 14.2 Å². The summed E-state index contributed by atoms with van der Waals surface area (Å²) in [5.41, 5.74) is 0. The molecule has 8 heteroatoms. The number of carboxylic acids is 1. The summed E-state index contributed by atoms with van der Waals surface area (Å²) in [6.07, 6.45) is 6.50. The van der Waals surface area contributed by atoms with Crippen molar-refractivity contribution in [3.8, 4) is 0 Å². The van der Waals surface area contributed by atoms with Gasteiger partial charge in [0.25, 0.3) is 0 Å². The lowest BCUT2D eigenvalue weighted by molar-refractivity contribution is -0.144. The molecule has 0 rings (SSSR count). The minimum Gasteiger partial charge on any atom is -0.481 e. The first kappa shape index (κ1) is 22.1. The molecular formula is C15H29O7P. The maximum atomic E-state index is 11.5. The van der Waals surface area contributed by atoms with Gasteiger partial charge < -0.3 is 19.6 Å². The summed E-state index contributed by atoms with van der Waals surface area (Å²) in [6.45, 7) is 2.23. The highest BCUT2D eigenvalue weighted by molar-refractivity contribution is 7.51. The standard InChI is InChI=1S/C15H29O7P/c1-2-3-4-5-6-7-10-14(16)22-11-8-9-13(15(17)18)12-23(19,20)21/h13H,2-12H2,1H3,(H,17,18)(H2,19,20,21)/t13-/m1/s1. The SMILES string of the molecule is CCCCCCCCC(=O)OCCC[C@H](CP(=O)(O)O)C(=O)O. The Morgan fingerprint density at radius 2 is 1.65 bits per heavy atom. The van der Waals surface area contributed by atoms with Gasteiger partial charge in [0.1, 0.15) is 0 Å². The first-order valence-corrected chi connectivity index (χ1v) is 9.99. The zero-order valence-electron chi connectivity index (χ0n) is 13.8. The Hall–Kier alpha value is -0.910. The molecule has 0 radical (unpaired) electrons. The quantitative estimate of drug-likeness (QED) is 0.250. The summed E-state index contributed by atoms with van der Waals surface area (Å²) in [6, 6.07) is 0. The van der Waals surface area contributed by atoms with Crippen molar-refractivity contribution in [1.29, 1.82) is 0 Å². The van der Waals surface area contributed by atoms with Crippen molar-refractivity contribution in [1.82, 2.24) is 0 Å². The first-order valence-electron chi connectivity index (χ1n) is 8.19. The van der Waals surface area contributed by atoms with Gasteiger partial charge in [-0.2, -0.15) is 0 Å². The van der Waals surface area contributed by atoms with Crippen molar-refractivity contribution in [2.75, 3.05) is 12.8 Å². The van der Waals surface area contributed by atoms with Crippen molar-refractivity contribution < 1.29 is 33.8 Å². The summed E-state index contributed by atoms with van der Waals surface area (Å²) < 4.78 is 15.8. The van der Waals surface area contributed by atoms with Gasteiger partial charge in [-0.3, -0.25) is 14.2 Å². The number of carboxylic acid groups (broad SMARTS) is 1. The van der Waals surface area contributed by atoms with Crippen molar-refractivity contribution in [3.63, 3.8) is 0 Å². The molecule has 1 atom stereocenters. The van der Waals surface area contributed by atoms with Gasteiger partial charge in [-0.15, -0.1) is 0 Å². The van der Waals surface area contributed by atoms with Crippen LogP contribution in [0.4, 0.5) is 0 Å². The van der Waals surface area contributed by atoms with Gasteiger partial charge in [0.2, 0.25) is 0 Å². The minimum absolute atomic E-state index is 0.0741. The second kappa shape index (κ2) is 12.5. The number of esters is 1. The Labute approximate surface area is 137 Å². The molecule has 23 heavy (non-hydrogen) atoms. The second-order valence-corrected chi connectivity index (χ2v) is 7.46. The van der Waals surface area contributed by atoms with Gasteiger partial charge in [0.05, 0.1) is 18.7 Å². The molecule has 0 spiro atoms. The van der Waals surface area contributed by atoms with Gasteiger partial charge >= 0.3 is 19.5 Å². The van der Waals surface area contributed by atoms with E-state index < -0.39 is 25.6 Å². The molecule has 0 aromatic heterocycles. The summed E-state index contributed by atoms with van der Waals surface area (Å²) in [5.74, 6) is -2.66. The van der Waals surface area contributed by atoms with Crippen molar-refractivity contribution in [2.45, 2.75) is 64.7 Å². The fourth-order valence-corrected chi connectivity index (χ4v) is 3.13. The van der Waals surface area contributed by atoms with E-state index in [4.69, 9.17) is 19.6 Å². The predicted molar refractivity (Wildman–Crippen MR) is 86.2 cm³/mol. The Bertz CT molecular complexity index is 391. The van der Waals surface area contributed by atoms with Gasteiger partial charge in [0, 0.05) is 6.42 Å². The number of carbonyl (C=O) groups excluding carboxylic acids is 1. The maximum absolute atomic E-state index is 11.5. The van der Waals surface area contributed by atoms with E-state index in [1.807, 2.05) is 0 Å². The van der Waals surface area contributed by atoms with Crippen LogP contribution >= 0.6 is 7.60 Å². The largest absolute Gasteiger partial charge is 0.481 e.